The molecule has 0 spiro atoms. The van der Waals surface area contributed by atoms with Gasteiger partial charge in [-0.2, -0.15) is 5.10 Å². The van der Waals surface area contributed by atoms with Gasteiger partial charge in [-0.15, -0.1) is 0 Å². The van der Waals surface area contributed by atoms with Crippen LogP contribution in [0.3, 0.4) is 0 Å². The molecule has 0 saturated heterocycles. The molecular formula is C20H23N3O4S. The second-order valence-electron chi connectivity index (χ2n) is 5.98. The molecule has 1 amide bonds. The summed E-state index contributed by atoms with van der Waals surface area (Å²) < 4.78 is 30.9. The minimum atomic E-state index is -3.66. The lowest BCUT2D eigenvalue weighted by atomic mass is 10.2. The van der Waals surface area contributed by atoms with E-state index in [0.717, 1.165) is 16.1 Å². The van der Waals surface area contributed by atoms with Crippen LogP contribution in [0, 0.1) is 0 Å². The molecule has 8 heteroatoms. The van der Waals surface area contributed by atoms with E-state index in [1.807, 2.05) is 0 Å². The summed E-state index contributed by atoms with van der Waals surface area (Å²) in [6.07, 6.45) is 4.16. The molecule has 0 aliphatic heterocycles. The van der Waals surface area contributed by atoms with E-state index >= 15 is 0 Å². The van der Waals surface area contributed by atoms with E-state index in [2.05, 4.69) is 17.1 Å². The zero-order chi connectivity index (χ0) is 20.6. The molecule has 0 bridgehead atoms. The molecule has 0 radical (unpaired) electrons. The van der Waals surface area contributed by atoms with Gasteiger partial charge in [-0.3, -0.25) is 9.10 Å². The SMILES string of the molecule is C=CCOc1cccc(/C=N/NC(=O)C(C)N(c2ccccc2)S(C)(=O)=O)c1. The Morgan fingerprint density at radius 2 is 1.96 bits per heavy atom. The largest absolute Gasteiger partial charge is 0.490 e. The van der Waals surface area contributed by atoms with Crippen LogP contribution in [0.25, 0.3) is 0 Å². The smallest absolute Gasteiger partial charge is 0.263 e. The van der Waals surface area contributed by atoms with Gasteiger partial charge in [0.15, 0.2) is 0 Å². The summed E-state index contributed by atoms with van der Waals surface area (Å²) in [5, 5.41) is 3.92. The Kier molecular flexibility index (Phi) is 7.34. The molecule has 1 atom stereocenters. The molecule has 0 saturated carbocycles. The average Bonchev–Trinajstić information content (AvgIpc) is 2.66. The third kappa shape index (κ3) is 5.95. The Hall–Kier alpha value is -3.13. The molecule has 7 nitrogen and oxygen atoms in total. The summed E-state index contributed by atoms with van der Waals surface area (Å²) in [5.74, 6) is 0.0977. The maximum absolute atomic E-state index is 12.4. The van der Waals surface area contributed by atoms with E-state index in [1.54, 1.807) is 60.7 Å². The molecule has 0 fully saturated rings. The topological polar surface area (TPSA) is 88.1 Å². The fourth-order valence-electron chi connectivity index (χ4n) is 2.49. The molecule has 1 unspecified atom stereocenters. The van der Waals surface area contributed by atoms with Gasteiger partial charge in [-0.05, 0) is 36.8 Å². The molecule has 1 N–H and O–H groups in total. The van der Waals surface area contributed by atoms with Crippen molar-refractivity contribution >= 4 is 27.8 Å². The van der Waals surface area contributed by atoms with Crippen LogP contribution in [-0.4, -0.2) is 39.4 Å². The van der Waals surface area contributed by atoms with Crippen molar-refractivity contribution in [3.63, 3.8) is 0 Å². The van der Waals surface area contributed by atoms with Crippen molar-refractivity contribution < 1.29 is 17.9 Å². The summed E-state index contributed by atoms with van der Waals surface area (Å²) in [4.78, 5) is 12.4. The van der Waals surface area contributed by atoms with Crippen LogP contribution in [0.15, 0.2) is 72.4 Å². The summed E-state index contributed by atoms with van der Waals surface area (Å²) in [5.41, 5.74) is 3.51. The standard InChI is InChI=1S/C20H23N3O4S/c1-4-13-27-19-12-8-9-17(14-19)15-21-22-20(24)16(2)23(28(3,25)26)18-10-6-5-7-11-18/h4-12,14-16H,1,13H2,2-3H3,(H,22,24)/b21-15+. The van der Waals surface area contributed by atoms with E-state index in [9.17, 15) is 13.2 Å². The normalized spacial score (nSPS) is 12.4. The quantitative estimate of drug-likeness (QED) is 0.397. The van der Waals surface area contributed by atoms with Gasteiger partial charge in [0.1, 0.15) is 18.4 Å². The second-order valence-corrected chi connectivity index (χ2v) is 7.84. The van der Waals surface area contributed by atoms with Gasteiger partial charge < -0.3 is 4.74 Å². The Morgan fingerprint density at radius 3 is 2.61 bits per heavy atom. The van der Waals surface area contributed by atoms with Crippen molar-refractivity contribution in [2.45, 2.75) is 13.0 Å². The average molecular weight is 401 g/mol. The summed E-state index contributed by atoms with van der Waals surface area (Å²) in [6.45, 7) is 5.48. The van der Waals surface area contributed by atoms with Gasteiger partial charge >= 0.3 is 0 Å². The summed E-state index contributed by atoms with van der Waals surface area (Å²) >= 11 is 0. The maximum atomic E-state index is 12.4. The number of carbonyl (C=O) groups excluding carboxylic acids is 1. The lowest BCUT2D eigenvalue weighted by Crippen LogP contribution is -2.46. The Labute approximate surface area is 165 Å². The highest BCUT2D eigenvalue weighted by Crippen LogP contribution is 2.20. The summed E-state index contributed by atoms with van der Waals surface area (Å²) in [7, 11) is -3.66. The van der Waals surface area contributed by atoms with Crippen molar-refractivity contribution in [1.82, 2.24) is 5.43 Å². The maximum Gasteiger partial charge on any atom is 0.263 e. The molecule has 28 heavy (non-hydrogen) atoms. The van der Waals surface area contributed by atoms with Gasteiger partial charge in [0.05, 0.1) is 18.2 Å². The van der Waals surface area contributed by atoms with Crippen molar-refractivity contribution in [2.75, 3.05) is 17.2 Å². The number of hydrazone groups is 1. The number of nitrogens with zero attached hydrogens (tertiary/aromatic N) is 2. The summed E-state index contributed by atoms with van der Waals surface area (Å²) in [6, 6.07) is 14.6. The van der Waals surface area contributed by atoms with Gasteiger partial charge in [0.2, 0.25) is 10.0 Å². The van der Waals surface area contributed by atoms with Crippen LogP contribution in [0.5, 0.6) is 5.75 Å². The van der Waals surface area contributed by atoms with Crippen molar-refractivity contribution in [3.05, 3.63) is 72.8 Å². The molecule has 2 aromatic rings. The predicted molar refractivity (Wildman–Crippen MR) is 111 cm³/mol. The number of carbonyl (C=O) groups is 1. The molecule has 0 aliphatic rings. The molecule has 2 rings (SSSR count). The van der Waals surface area contributed by atoms with Crippen molar-refractivity contribution in [3.8, 4) is 5.75 Å². The van der Waals surface area contributed by atoms with Crippen molar-refractivity contribution in [2.24, 2.45) is 5.10 Å². The first-order valence-electron chi connectivity index (χ1n) is 8.54. The third-order valence-corrected chi connectivity index (χ3v) is 4.96. The molecule has 148 valence electrons. The Bertz CT molecular complexity index is 943. The first-order valence-corrected chi connectivity index (χ1v) is 10.4. The van der Waals surface area contributed by atoms with Gasteiger partial charge in [0.25, 0.3) is 5.91 Å². The lowest BCUT2D eigenvalue weighted by molar-refractivity contribution is -0.121. The Morgan fingerprint density at radius 1 is 1.25 bits per heavy atom. The highest BCUT2D eigenvalue weighted by molar-refractivity contribution is 7.92. The fraction of sp³-hybridized carbons (Fsp3) is 0.200. The number of hydrogen-bond acceptors (Lipinski definition) is 5. The number of anilines is 1. The Balaban J connectivity index is 2.08. The van der Waals surface area contributed by atoms with Crippen LogP contribution in [-0.2, 0) is 14.8 Å². The van der Waals surface area contributed by atoms with Crippen LogP contribution < -0.4 is 14.5 Å². The van der Waals surface area contributed by atoms with E-state index in [0.29, 0.717) is 18.0 Å². The minimum absolute atomic E-state index is 0.385. The monoisotopic (exact) mass is 401 g/mol. The molecule has 0 aromatic heterocycles. The number of benzene rings is 2. The number of sulfonamides is 1. The van der Waals surface area contributed by atoms with Crippen LogP contribution in [0.1, 0.15) is 12.5 Å². The number of rotatable bonds is 9. The third-order valence-electron chi connectivity index (χ3n) is 3.71. The zero-order valence-corrected chi connectivity index (χ0v) is 16.6. The van der Waals surface area contributed by atoms with Gasteiger partial charge in [-0.1, -0.05) is 43.0 Å². The van der Waals surface area contributed by atoms with Gasteiger partial charge in [-0.25, -0.2) is 13.8 Å². The van der Waals surface area contributed by atoms with Crippen LogP contribution in [0.2, 0.25) is 0 Å². The van der Waals surface area contributed by atoms with Crippen molar-refractivity contribution in [1.29, 1.82) is 0 Å². The van der Waals surface area contributed by atoms with E-state index in [-0.39, 0.29) is 0 Å². The first kappa shape index (κ1) is 21.2. The van der Waals surface area contributed by atoms with E-state index in [4.69, 9.17) is 4.74 Å². The van der Waals surface area contributed by atoms with Gasteiger partial charge in [0, 0.05) is 0 Å². The highest BCUT2D eigenvalue weighted by atomic mass is 32.2. The van der Waals surface area contributed by atoms with E-state index in [1.165, 1.54) is 13.1 Å². The second kappa shape index (κ2) is 9.70. The van der Waals surface area contributed by atoms with Crippen LogP contribution in [0.4, 0.5) is 5.69 Å². The lowest BCUT2D eigenvalue weighted by Gasteiger charge is -2.27. The molecule has 0 heterocycles. The van der Waals surface area contributed by atoms with Crippen LogP contribution >= 0.6 is 0 Å². The molecular weight excluding hydrogens is 378 g/mol. The minimum Gasteiger partial charge on any atom is -0.490 e. The molecule has 2 aromatic carbocycles. The predicted octanol–water partition coefficient (Wildman–Crippen LogP) is 2.56. The highest BCUT2D eigenvalue weighted by Gasteiger charge is 2.28. The van der Waals surface area contributed by atoms with E-state index < -0.39 is 22.0 Å². The number of nitrogens with one attached hydrogen (secondary N) is 1. The number of hydrogen-bond donors (Lipinski definition) is 1. The zero-order valence-electron chi connectivity index (χ0n) is 15.8. The number of amides is 1. The number of ether oxygens (including phenoxy) is 1. The number of para-hydroxylation sites is 1. The fourth-order valence-corrected chi connectivity index (χ4v) is 3.66. The first-order chi connectivity index (χ1) is 13.3. The molecule has 0 aliphatic carbocycles.